The van der Waals surface area contributed by atoms with Gasteiger partial charge in [0, 0.05) is 20.3 Å². The zero-order chi connectivity index (χ0) is 12.1. The molecule has 1 amide bonds. The third kappa shape index (κ3) is 3.68. The van der Waals surface area contributed by atoms with E-state index in [0.29, 0.717) is 5.92 Å². The highest BCUT2D eigenvalue weighted by atomic mass is 16.5. The molecule has 2 unspecified atom stereocenters. The van der Waals surface area contributed by atoms with Crippen molar-refractivity contribution in [1.82, 2.24) is 10.6 Å². The fourth-order valence-electron chi connectivity index (χ4n) is 3.04. The predicted molar refractivity (Wildman–Crippen MR) is 66.7 cm³/mol. The molecule has 2 atom stereocenters. The monoisotopic (exact) mass is 240 g/mol. The van der Waals surface area contributed by atoms with E-state index in [-0.39, 0.29) is 11.9 Å². The van der Waals surface area contributed by atoms with Crippen LogP contribution >= 0.6 is 0 Å². The van der Waals surface area contributed by atoms with Gasteiger partial charge in [-0.1, -0.05) is 0 Å². The molecule has 4 heteroatoms. The first-order valence-electron chi connectivity index (χ1n) is 6.82. The quantitative estimate of drug-likeness (QED) is 0.771. The van der Waals surface area contributed by atoms with Crippen LogP contribution in [-0.4, -0.2) is 38.8 Å². The number of hydrogen-bond acceptors (Lipinski definition) is 3. The number of carbonyl (C=O) groups is 1. The number of carbonyl (C=O) groups excluding carboxylic acids is 1. The molecule has 98 valence electrons. The molecule has 0 radical (unpaired) electrons. The molecule has 0 aliphatic carbocycles. The largest absolute Gasteiger partial charge is 0.381 e. The van der Waals surface area contributed by atoms with Gasteiger partial charge in [0.05, 0.1) is 6.04 Å². The average Bonchev–Trinajstić information content (AvgIpc) is 2.39. The van der Waals surface area contributed by atoms with Gasteiger partial charge in [0.25, 0.3) is 0 Å². The molecular formula is C13H24N2O2. The molecule has 0 saturated carbocycles. The van der Waals surface area contributed by atoms with Crippen LogP contribution in [0.5, 0.6) is 0 Å². The third-order valence-electron chi connectivity index (χ3n) is 4.08. The van der Waals surface area contributed by atoms with Gasteiger partial charge in [-0.2, -0.15) is 0 Å². The highest BCUT2D eigenvalue weighted by Gasteiger charge is 2.28. The van der Waals surface area contributed by atoms with Crippen molar-refractivity contribution in [3.63, 3.8) is 0 Å². The molecule has 2 saturated heterocycles. The standard InChI is InChI=1S/C13H24N2O2/c1-14-13(16)12-9-11(2-5-15-12)8-10-3-6-17-7-4-10/h10-12,15H,2-9H2,1H3,(H,14,16). The Kier molecular flexibility index (Phi) is 4.80. The number of ether oxygens (including phenoxy) is 1. The smallest absolute Gasteiger partial charge is 0.236 e. The van der Waals surface area contributed by atoms with E-state index in [2.05, 4.69) is 10.6 Å². The SMILES string of the molecule is CNC(=O)C1CC(CC2CCOCC2)CCN1. The lowest BCUT2D eigenvalue weighted by Crippen LogP contribution is -2.48. The van der Waals surface area contributed by atoms with Gasteiger partial charge in [-0.25, -0.2) is 0 Å². The van der Waals surface area contributed by atoms with Crippen molar-refractivity contribution in [3.05, 3.63) is 0 Å². The Morgan fingerprint density at radius 2 is 2.06 bits per heavy atom. The van der Waals surface area contributed by atoms with Crippen molar-refractivity contribution in [2.75, 3.05) is 26.8 Å². The maximum Gasteiger partial charge on any atom is 0.236 e. The first-order chi connectivity index (χ1) is 8.29. The minimum absolute atomic E-state index is 0.0265. The number of likely N-dealkylation sites (N-methyl/N-ethyl adjacent to an activating group) is 1. The van der Waals surface area contributed by atoms with Crippen LogP contribution in [0.1, 0.15) is 32.1 Å². The average molecular weight is 240 g/mol. The predicted octanol–water partition coefficient (Wildman–Crippen LogP) is 0.917. The first-order valence-corrected chi connectivity index (χ1v) is 6.82. The van der Waals surface area contributed by atoms with Crippen LogP contribution < -0.4 is 10.6 Å². The molecule has 0 bridgehead atoms. The fourth-order valence-corrected chi connectivity index (χ4v) is 3.04. The number of hydrogen-bond donors (Lipinski definition) is 2. The van der Waals surface area contributed by atoms with E-state index in [0.717, 1.165) is 32.1 Å². The summed E-state index contributed by atoms with van der Waals surface area (Å²) in [6.45, 7) is 2.83. The van der Waals surface area contributed by atoms with Crippen molar-refractivity contribution in [3.8, 4) is 0 Å². The van der Waals surface area contributed by atoms with Crippen molar-refractivity contribution in [2.24, 2.45) is 11.8 Å². The summed E-state index contributed by atoms with van der Waals surface area (Å²) in [6.07, 6.45) is 5.89. The lowest BCUT2D eigenvalue weighted by Gasteiger charge is -2.32. The van der Waals surface area contributed by atoms with Crippen LogP contribution in [0.15, 0.2) is 0 Å². The van der Waals surface area contributed by atoms with Crippen molar-refractivity contribution in [1.29, 1.82) is 0 Å². The minimum atomic E-state index is 0.0265. The molecule has 2 heterocycles. The van der Waals surface area contributed by atoms with Gasteiger partial charge in [-0.05, 0) is 50.5 Å². The maximum absolute atomic E-state index is 11.6. The molecule has 0 spiro atoms. The van der Waals surface area contributed by atoms with Gasteiger partial charge in [-0.15, -0.1) is 0 Å². The summed E-state index contributed by atoms with van der Waals surface area (Å²) >= 11 is 0. The Bertz CT molecular complexity index is 252. The second kappa shape index (κ2) is 6.36. The van der Waals surface area contributed by atoms with Crippen molar-refractivity contribution >= 4 is 5.91 Å². The lowest BCUT2D eigenvalue weighted by molar-refractivity contribution is -0.123. The van der Waals surface area contributed by atoms with Gasteiger partial charge in [-0.3, -0.25) is 4.79 Å². The van der Waals surface area contributed by atoms with E-state index < -0.39 is 0 Å². The molecule has 0 aromatic heterocycles. The Labute approximate surface area is 103 Å². The van der Waals surface area contributed by atoms with Crippen LogP contribution in [0.3, 0.4) is 0 Å². The number of rotatable bonds is 3. The number of nitrogens with one attached hydrogen (secondary N) is 2. The van der Waals surface area contributed by atoms with E-state index in [1.54, 1.807) is 7.05 Å². The van der Waals surface area contributed by atoms with E-state index in [9.17, 15) is 4.79 Å². The summed E-state index contributed by atoms with van der Waals surface area (Å²) in [7, 11) is 1.71. The summed E-state index contributed by atoms with van der Waals surface area (Å²) in [5.74, 6) is 1.67. The lowest BCUT2D eigenvalue weighted by atomic mass is 9.82. The number of piperidine rings is 1. The second-order valence-corrected chi connectivity index (χ2v) is 5.30. The Morgan fingerprint density at radius 3 is 2.76 bits per heavy atom. The van der Waals surface area contributed by atoms with Gasteiger partial charge >= 0.3 is 0 Å². The van der Waals surface area contributed by atoms with Crippen molar-refractivity contribution < 1.29 is 9.53 Å². The molecule has 0 aromatic carbocycles. The Balaban J connectivity index is 1.78. The zero-order valence-electron chi connectivity index (χ0n) is 10.7. The van der Waals surface area contributed by atoms with Crippen LogP contribution in [0, 0.1) is 11.8 Å². The second-order valence-electron chi connectivity index (χ2n) is 5.30. The molecule has 2 fully saturated rings. The fraction of sp³-hybridized carbons (Fsp3) is 0.923. The first kappa shape index (κ1) is 12.8. The topological polar surface area (TPSA) is 50.4 Å². The van der Waals surface area contributed by atoms with Crippen LogP contribution in [-0.2, 0) is 9.53 Å². The highest BCUT2D eigenvalue weighted by molar-refractivity contribution is 5.81. The summed E-state index contributed by atoms with van der Waals surface area (Å²) in [5.41, 5.74) is 0. The molecule has 4 nitrogen and oxygen atoms in total. The van der Waals surface area contributed by atoms with E-state index in [4.69, 9.17) is 4.74 Å². The summed E-state index contributed by atoms with van der Waals surface area (Å²) < 4.78 is 5.39. The van der Waals surface area contributed by atoms with Crippen LogP contribution in [0.25, 0.3) is 0 Å². The molecular weight excluding hydrogens is 216 g/mol. The maximum atomic E-state index is 11.6. The van der Waals surface area contributed by atoms with E-state index >= 15 is 0 Å². The van der Waals surface area contributed by atoms with Crippen molar-refractivity contribution in [2.45, 2.75) is 38.1 Å². The van der Waals surface area contributed by atoms with Gasteiger partial charge in [0.15, 0.2) is 0 Å². The summed E-state index contributed by atoms with van der Waals surface area (Å²) in [5, 5.41) is 6.04. The van der Waals surface area contributed by atoms with Gasteiger partial charge in [0.1, 0.15) is 0 Å². The molecule has 2 rings (SSSR count). The Hall–Kier alpha value is -0.610. The molecule has 2 aliphatic rings. The van der Waals surface area contributed by atoms with E-state index in [1.165, 1.54) is 25.7 Å². The van der Waals surface area contributed by atoms with E-state index in [1.807, 2.05) is 0 Å². The van der Waals surface area contributed by atoms with Gasteiger partial charge < -0.3 is 15.4 Å². The molecule has 0 aromatic rings. The highest BCUT2D eigenvalue weighted by Crippen LogP contribution is 2.29. The van der Waals surface area contributed by atoms with Gasteiger partial charge in [0.2, 0.25) is 5.91 Å². The minimum Gasteiger partial charge on any atom is -0.381 e. The molecule has 2 N–H and O–H groups in total. The molecule has 2 aliphatic heterocycles. The normalized spacial score (nSPS) is 31.1. The number of amides is 1. The zero-order valence-corrected chi connectivity index (χ0v) is 10.7. The molecule has 17 heavy (non-hydrogen) atoms. The third-order valence-corrected chi connectivity index (χ3v) is 4.08. The Morgan fingerprint density at radius 1 is 1.29 bits per heavy atom. The van der Waals surface area contributed by atoms with Crippen LogP contribution in [0.2, 0.25) is 0 Å². The van der Waals surface area contributed by atoms with Crippen LogP contribution in [0.4, 0.5) is 0 Å². The summed E-state index contributed by atoms with van der Waals surface area (Å²) in [4.78, 5) is 11.6. The summed E-state index contributed by atoms with van der Waals surface area (Å²) in [6, 6.07) is 0.0265.